The molecule has 5 nitrogen and oxygen atoms in total. The van der Waals surface area contributed by atoms with Crippen molar-refractivity contribution in [2.75, 3.05) is 7.11 Å². The van der Waals surface area contributed by atoms with Gasteiger partial charge in [0.1, 0.15) is 5.60 Å². The average molecular weight is 206 g/mol. The van der Waals surface area contributed by atoms with Crippen molar-refractivity contribution in [3.8, 4) is 0 Å². The maximum absolute atomic E-state index is 11.0. The van der Waals surface area contributed by atoms with Crippen LogP contribution in [-0.2, 0) is 8.92 Å². The van der Waals surface area contributed by atoms with Crippen LogP contribution in [0.1, 0.15) is 20.8 Å². The summed E-state index contributed by atoms with van der Waals surface area (Å²) in [5, 5.41) is 9.25. The number of amidine groups is 1. The Bertz CT molecular complexity index is 200. The van der Waals surface area contributed by atoms with E-state index in [1.807, 2.05) is 0 Å². The molecule has 0 radical (unpaired) electrons. The molecular formula is C7H14N2O3S. The minimum Gasteiger partial charge on any atom is -0.444 e. The third kappa shape index (κ3) is 7.61. The van der Waals surface area contributed by atoms with E-state index in [1.165, 1.54) is 7.11 Å². The van der Waals surface area contributed by atoms with E-state index < -0.39 is 11.7 Å². The van der Waals surface area contributed by atoms with Gasteiger partial charge in [-0.25, -0.2) is 4.79 Å². The van der Waals surface area contributed by atoms with Gasteiger partial charge in [-0.05, 0) is 20.8 Å². The normalized spacial score (nSPS) is 10.8. The zero-order valence-electron chi connectivity index (χ0n) is 8.13. The number of carbonyl (C=O) groups excluding carboxylic acids is 1. The van der Waals surface area contributed by atoms with E-state index in [0.29, 0.717) is 0 Å². The average Bonchev–Trinajstić information content (AvgIpc) is 1.81. The van der Waals surface area contributed by atoms with Crippen molar-refractivity contribution in [2.45, 2.75) is 26.4 Å². The van der Waals surface area contributed by atoms with Crippen LogP contribution in [0, 0.1) is 5.41 Å². The fraction of sp³-hybridized carbons (Fsp3) is 0.714. The van der Waals surface area contributed by atoms with Crippen molar-refractivity contribution in [3.63, 3.8) is 0 Å². The van der Waals surface area contributed by atoms with Gasteiger partial charge in [0.15, 0.2) is 5.17 Å². The van der Waals surface area contributed by atoms with Gasteiger partial charge in [-0.15, -0.1) is 0 Å². The monoisotopic (exact) mass is 206 g/mol. The number of carbonyl (C=O) groups is 1. The van der Waals surface area contributed by atoms with E-state index in [4.69, 9.17) is 10.1 Å². The molecule has 1 amide bonds. The lowest BCUT2D eigenvalue weighted by molar-refractivity contribution is 0.0564. The highest BCUT2D eigenvalue weighted by Crippen LogP contribution is 2.07. The number of ether oxygens (including phenoxy) is 1. The lowest BCUT2D eigenvalue weighted by atomic mass is 10.2. The van der Waals surface area contributed by atoms with Gasteiger partial charge in [-0.1, -0.05) is 0 Å². The number of alkyl carbamates (subject to hydrolysis) is 1. The van der Waals surface area contributed by atoms with Crippen LogP contribution < -0.4 is 5.32 Å². The molecule has 0 aromatic rings. The Labute approximate surface area is 81.9 Å². The number of nitrogens with one attached hydrogen (secondary N) is 2. The van der Waals surface area contributed by atoms with Crippen molar-refractivity contribution < 1.29 is 13.7 Å². The first-order valence-corrected chi connectivity index (χ1v) is 4.38. The first-order chi connectivity index (χ1) is 5.85. The van der Waals surface area contributed by atoms with E-state index in [2.05, 4.69) is 9.50 Å². The van der Waals surface area contributed by atoms with E-state index >= 15 is 0 Å². The number of rotatable bonds is 1. The Hall–Kier alpha value is -0.750. The molecule has 6 heteroatoms. The van der Waals surface area contributed by atoms with Crippen LogP contribution in [0.4, 0.5) is 4.79 Å². The fourth-order valence-electron chi connectivity index (χ4n) is 0.500. The molecule has 0 aliphatic heterocycles. The lowest BCUT2D eigenvalue weighted by Crippen LogP contribution is -2.34. The third-order valence-corrected chi connectivity index (χ3v) is 1.22. The van der Waals surface area contributed by atoms with Crippen LogP contribution in [0.3, 0.4) is 0 Å². The number of amides is 1. The molecule has 0 heterocycles. The first kappa shape index (κ1) is 12.2. The third-order valence-electron chi connectivity index (χ3n) is 0.781. The van der Waals surface area contributed by atoms with E-state index in [0.717, 1.165) is 12.0 Å². The van der Waals surface area contributed by atoms with Crippen LogP contribution >= 0.6 is 12.0 Å². The van der Waals surface area contributed by atoms with Gasteiger partial charge in [0.2, 0.25) is 0 Å². The second kappa shape index (κ2) is 5.08. The molecule has 0 aliphatic rings. The van der Waals surface area contributed by atoms with Crippen molar-refractivity contribution in [1.82, 2.24) is 5.32 Å². The summed E-state index contributed by atoms with van der Waals surface area (Å²) >= 11 is 0.757. The predicted molar refractivity (Wildman–Crippen MR) is 51.7 cm³/mol. The smallest absolute Gasteiger partial charge is 0.413 e. The Balaban J connectivity index is 3.82. The highest BCUT2D eigenvalue weighted by atomic mass is 32.2. The van der Waals surface area contributed by atoms with Crippen LogP contribution in [0.25, 0.3) is 0 Å². The molecule has 0 saturated carbocycles. The minimum atomic E-state index is -0.651. The summed E-state index contributed by atoms with van der Waals surface area (Å²) in [7, 11) is 1.41. The first-order valence-electron chi connectivity index (χ1n) is 3.64. The molecule has 0 bridgehead atoms. The largest absolute Gasteiger partial charge is 0.444 e. The van der Waals surface area contributed by atoms with Crippen molar-refractivity contribution >= 4 is 23.3 Å². The molecule has 0 atom stereocenters. The Morgan fingerprint density at radius 2 is 2.00 bits per heavy atom. The van der Waals surface area contributed by atoms with E-state index in [9.17, 15) is 4.79 Å². The van der Waals surface area contributed by atoms with Gasteiger partial charge < -0.3 is 8.92 Å². The lowest BCUT2D eigenvalue weighted by Gasteiger charge is -2.19. The summed E-state index contributed by atoms with van der Waals surface area (Å²) in [4.78, 5) is 11.0. The van der Waals surface area contributed by atoms with Crippen LogP contribution in [0.15, 0.2) is 0 Å². The van der Waals surface area contributed by atoms with Crippen molar-refractivity contribution in [1.29, 1.82) is 5.41 Å². The van der Waals surface area contributed by atoms with Gasteiger partial charge in [0.05, 0.1) is 19.2 Å². The van der Waals surface area contributed by atoms with Gasteiger partial charge in [0, 0.05) is 0 Å². The van der Waals surface area contributed by atoms with Crippen LogP contribution in [0.2, 0.25) is 0 Å². The Kier molecular flexibility index (Phi) is 4.79. The molecule has 0 unspecified atom stereocenters. The summed E-state index contributed by atoms with van der Waals surface area (Å²) in [6.07, 6.45) is -0.651. The zero-order chi connectivity index (χ0) is 10.5. The maximum atomic E-state index is 11.0. The Morgan fingerprint density at radius 1 is 1.46 bits per heavy atom. The molecule has 0 aromatic carbocycles. The minimum absolute atomic E-state index is 0.100. The van der Waals surface area contributed by atoms with Crippen LogP contribution in [-0.4, -0.2) is 24.0 Å². The van der Waals surface area contributed by atoms with Gasteiger partial charge in [-0.3, -0.25) is 10.7 Å². The molecule has 0 saturated heterocycles. The maximum Gasteiger partial charge on any atom is 0.413 e. The van der Waals surface area contributed by atoms with E-state index in [1.54, 1.807) is 20.8 Å². The number of hydrogen-bond acceptors (Lipinski definition) is 5. The molecule has 0 aromatic heterocycles. The zero-order valence-corrected chi connectivity index (χ0v) is 8.95. The molecule has 0 aliphatic carbocycles. The molecule has 2 N–H and O–H groups in total. The summed E-state index contributed by atoms with van der Waals surface area (Å²) in [5.74, 6) is 0. The van der Waals surface area contributed by atoms with Crippen LogP contribution in [0.5, 0.6) is 0 Å². The summed E-state index contributed by atoms with van der Waals surface area (Å²) in [6, 6.07) is 0. The number of hydrogen-bond donors (Lipinski definition) is 2. The topological polar surface area (TPSA) is 71.4 Å². The molecule has 0 fully saturated rings. The summed E-state index contributed by atoms with van der Waals surface area (Å²) in [5.41, 5.74) is -0.553. The highest BCUT2D eigenvalue weighted by molar-refractivity contribution is 8.09. The van der Waals surface area contributed by atoms with Crippen molar-refractivity contribution in [2.24, 2.45) is 0 Å². The molecular weight excluding hydrogens is 192 g/mol. The fourth-order valence-corrected chi connectivity index (χ4v) is 0.792. The standard InChI is InChI=1S/C7H14N2O3S/c1-7(2,3)12-6(10)9-5(8)13-11-4/h1-4H3,(H2,8,9,10). The quantitative estimate of drug-likeness (QED) is 0.389. The predicted octanol–water partition coefficient (Wildman–Crippen LogP) is 1.74. The summed E-state index contributed by atoms with van der Waals surface area (Å²) in [6.45, 7) is 5.25. The molecule has 76 valence electrons. The summed E-state index contributed by atoms with van der Waals surface area (Å²) < 4.78 is 9.45. The molecule has 13 heavy (non-hydrogen) atoms. The second-order valence-corrected chi connectivity index (χ2v) is 4.11. The Morgan fingerprint density at radius 3 is 2.38 bits per heavy atom. The highest BCUT2D eigenvalue weighted by Gasteiger charge is 2.16. The second-order valence-electron chi connectivity index (χ2n) is 3.21. The van der Waals surface area contributed by atoms with Gasteiger partial charge >= 0.3 is 6.09 Å². The van der Waals surface area contributed by atoms with Gasteiger partial charge in [0.25, 0.3) is 0 Å². The molecule has 0 spiro atoms. The van der Waals surface area contributed by atoms with Crippen molar-refractivity contribution in [3.05, 3.63) is 0 Å². The molecule has 0 rings (SSSR count). The van der Waals surface area contributed by atoms with E-state index in [-0.39, 0.29) is 5.17 Å². The van der Waals surface area contributed by atoms with Gasteiger partial charge in [-0.2, -0.15) is 0 Å². The SMILES string of the molecule is COSC(=N)NC(=O)OC(C)(C)C.